The molecule has 0 amide bonds. The Bertz CT molecular complexity index is 523. The molecule has 2 rings (SSSR count). The van der Waals surface area contributed by atoms with E-state index >= 15 is 0 Å². The fraction of sp³-hybridized carbons (Fsp3) is 0.286. The summed E-state index contributed by atoms with van der Waals surface area (Å²) < 4.78 is 27.5. The predicted octanol–water partition coefficient (Wildman–Crippen LogP) is 3.97. The Morgan fingerprint density at radius 3 is 2.72 bits per heavy atom. The molecule has 1 heterocycles. The maximum atomic E-state index is 13.9. The molecular weight excluding hydrogens is 252 g/mol. The summed E-state index contributed by atoms with van der Waals surface area (Å²) in [5.74, 6) is -1.08. The van der Waals surface area contributed by atoms with Gasteiger partial charge in [0.1, 0.15) is 11.6 Å². The summed E-state index contributed by atoms with van der Waals surface area (Å²) in [4.78, 5) is 1.18. The van der Waals surface area contributed by atoms with Gasteiger partial charge in [-0.15, -0.1) is 11.3 Å². The second-order valence-corrected chi connectivity index (χ2v) is 5.35. The Morgan fingerprint density at radius 2 is 2.06 bits per heavy atom. The fourth-order valence-corrected chi connectivity index (χ4v) is 2.64. The highest BCUT2D eigenvalue weighted by Crippen LogP contribution is 2.25. The molecule has 0 fully saturated rings. The Kier molecular flexibility index (Phi) is 4.09. The van der Waals surface area contributed by atoms with E-state index in [-0.39, 0.29) is 5.56 Å². The van der Waals surface area contributed by atoms with Gasteiger partial charge < -0.3 is 5.73 Å². The van der Waals surface area contributed by atoms with Crippen LogP contribution >= 0.6 is 11.3 Å². The van der Waals surface area contributed by atoms with Crippen LogP contribution in [0.2, 0.25) is 0 Å². The first-order valence-corrected chi connectivity index (χ1v) is 6.70. The van der Waals surface area contributed by atoms with Crippen LogP contribution in [0.4, 0.5) is 8.78 Å². The molecule has 18 heavy (non-hydrogen) atoms. The number of hydrogen-bond donors (Lipinski definition) is 1. The van der Waals surface area contributed by atoms with Crippen LogP contribution in [-0.4, -0.2) is 0 Å². The monoisotopic (exact) mass is 267 g/mol. The van der Waals surface area contributed by atoms with Crippen LogP contribution in [0.1, 0.15) is 28.5 Å². The van der Waals surface area contributed by atoms with Gasteiger partial charge >= 0.3 is 0 Å². The van der Waals surface area contributed by atoms with Crippen molar-refractivity contribution < 1.29 is 8.78 Å². The van der Waals surface area contributed by atoms with Crippen molar-refractivity contribution >= 4 is 11.3 Å². The number of hydrogen-bond acceptors (Lipinski definition) is 2. The zero-order valence-corrected chi connectivity index (χ0v) is 10.9. The molecule has 2 N–H and O–H groups in total. The molecule has 0 saturated heterocycles. The van der Waals surface area contributed by atoms with Gasteiger partial charge in [-0.25, -0.2) is 8.78 Å². The van der Waals surface area contributed by atoms with Crippen LogP contribution in [0.25, 0.3) is 0 Å². The topological polar surface area (TPSA) is 26.0 Å². The molecule has 0 radical (unpaired) electrons. The van der Waals surface area contributed by atoms with Crippen molar-refractivity contribution in [1.82, 2.24) is 0 Å². The van der Waals surface area contributed by atoms with E-state index in [2.05, 4.69) is 0 Å². The van der Waals surface area contributed by atoms with Gasteiger partial charge in [-0.2, -0.15) is 0 Å². The van der Waals surface area contributed by atoms with E-state index in [0.717, 1.165) is 6.42 Å². The van der Waals surface area contributed by atoms with E-state index in [0.29, 0.717) is 12.0 Å². The number of rotatable bonds is 4. The highest BCUT2D eigenvalue weighted by atomic mass is 32.1. The second-order valence-electron chi connectivity index (χ2n) is 4.32. The molecule has 0 bridgehead atoms. The van der Waals surface area contributed by atoms with Crippen LogP contribution in [-0.2, 0) is 6.42 Å². The third-order valence-corrected chi connectivity index (χ3v) is 3.91. The molecule has 1 atom stereocenters. The smallest absolute Gasteiger partial charge is 0.133 e. The summed E-state index contributed by atoms with van der Waals surface area (Å²) in [6.07, 6.45) is 1.28. The van der Waals surface area contributed by atoms with Gasteiger partial charge in [0.25, 0.3) is 0 Å². The number of nitrogens with two attached hydrogens (primary N) is 1. The molecule has 0 aliphatic carbocycles. The van der Waals surface area contributed by atoms with Crippen LogP contribution in [0.3, 0.4) is 0 Å². The van der Waals surface area contributed by atoms with Crippen molar-refractivity contribution in [2.45, 2.75) is 25.8 Å². The van der Waals surface area contributed by atoms with Crippen molar-refractivity contribution in [3.63, 3.8) is 0 Å². The minimum Gasteiger partial charge on any atom is -0.324 e. The molecule has 1 nitrogen and oxygen atoms in total. The summed E-state index contributed by atoms with van der Waals surface area (Å²) in [5.41, 5.74) is 6.34. The van der Waals surface area contributed by atoms with Crippen LogP contribution in [0, 0.1) is 18.6 Å². The molecule has 1 unspecified atom stereocenters. The second kappa shape index (κ2) is 5.59. The van der Waals surface area contributed by atoms with E-state index in [1.807, 2.05) is 17.5 Å². The van der Waals surface area contributed by atoms with E-state index < -0.39 is 17.7 Å². The third-order valence-electron chi connectivity index (χ3n) is 2.97. The van der Waals surface area contributed by atoms with Crippen LogP contribution in [0.15, 0.2) is 29.6 Å². The van der Waals surface area contributed by atoms with E-state index in [9.17, 15) is 8.78 Å². The standard InChI is InChI=1S/C14H15F2NS/c1-9-4-6-11(15)13(14(9)16)12(17)7-5-10-3-2-8-18-10/h2-4,6,8,12H,5,7,17H2,1H3. The fourth-order valence-electron chi connectivity index (χ4n) is 1.92. The Labute approximate surface area is 109 Å². The van der Waals surface area contributed by atoms with Crippen molar-refractivity contribution in [3.05, 3.63) is 57.3 Å². The molecule has 0 aliphatic heterocycles. The van der Waals surface area contributed by atoms with Crippen LogP contribution in [0.5, 0.6) is 0 Å². The van der Waals surface area contributed by atoms with Crippen LogP contribution < -0.4 is 5.73 Å². The van der Waals surface area contributed by atoms with Gasteiger partial charge in [0.2, 0.25) is 0 Å². The van der Waals surface area contributed by atoms with Gasteiger partial charge in [-0.3, -0.25) is 0 Å². The lowest BCUT2D eigenvalue weighted by atomic mass is 9.99. The first-order chi connectivity index (χ1) is 8.59. The van der Waals surface area contributed by atoms with Gasteiger partial charge in [0.05, 0.1) is 0 Å². The number of aryl methyl sites for hydroxylation is 2. The van der Waals surface area contributed by atoms with Crippen molar-refractivity contribution in [1.29, 1.82) is 0 Å². The summed E-state index contributed by atoms with van der Waals surface area (Å²) in [6.45, 7) is 1.62. The Balaban J connectivity index is 2.13. The number of benzene rings is 1. The third kappa shape index (κ3) is 2.76. The van der Waals surface area contributed by atoms with Crippen molar-refractivity contribution in [3.8, 4) is 0 Å². The van der Waals surface area contributed by atoms with E-state index in [1.54, 1.807) is 18.3 Å². The summed E-state index contributed by atoms with van der Waals surface area (Å²) in [5, 5.41) is 1.98. The molecule has 4 heteroatoms. The lowest BCUT2D eigenvalue weighted by molar-refractivity contribution is 0.509. The summed E-state index contributed by atoms with van der Waals surface area (Å²) in [6, 6.07) is 6.06. The van der Waals surface area contributed by atoms with E-state index in [1.165, 1.54) is 17.0 Å². The van der Waals surface area contributed by atoms with Gasteiger partial charge in [-0.1, -0.05) is 12.1 Å². The average molecular weight is 267 g/mol. The maximum Gasteiger partial charge on any atom is 0.133 e. The zero-order chi connectivity index (χ0) is 13.1. The SMILES string of the molecule is Cc1ccc(F)c(C(N)CCc2cccs2)c1F. The zero-order valence-electron chi connectivity index (χ0n) is 10.1. The molecule has 0 aliphatic rings. The first kappa shape index (κ1) is 13.2. The molecule has 0 spiro atoms. The molecular formula is C14H15F2NS. The average Bonchev–Trinajstić information content (AvgIpc) is 2.85. The van der Waals surface area contributed by atoms with Crippen molar-refractivity contribution in [2.24, 2.45) is 5.73 Å². The highest BCUT2D eigenvalue weighted by molar-refractivity contribution is 7.09. The Morgan fingerprint density at radius 1 is 1.28 bits per heavy atom. The lowest BCUT2D eigenvalue weighted by Gasteiger charge is -2.14. The number of halogens is 2. The highest BCUT2D eigenvalue weighted by Gasteiger charge is 2.18. The quantitative estimate of drug-likeness (QED) is 0.891. The number of thiophene rings is 1. The molecule has 0 saturated carbocycles. The summed E-state index contributed by atoms with van der Waals surface area (Å²) >= 11 is 1.63. The molecule has 1 aromatic carbocycles. The predicted molar refractivity (Wildman–Crippen MR) is 70.7 cm³/mol. The minimum atomic E-state index is -0.605. The minimum absolute atomic E-state index is 0.00607. The van der Waals surface area contributed by atoms with Gasteiger partial charge in [-0.05, 0) is 42.8 Å². The molecule has 2 aromatic rings. The largest absolute Gasteiger partial charge is 0.324 e. The normalized spacial score (nSPS) is 12.7. The first-order valence-electron chi connectivity index (χ1n) is 5.82. The van der Waals surface area contributed by atoms with E-state index in [4.69, 9.17) is 5.73 Å². The molecule has 1 aromatic heterocycles. The lowest BCUT2D eigenvalue weighted by Crippen LogP contribution is -2.15. The maximum absolute atomic E-state index is 13.9. The van der Waals surface area contributed by atoms with Gasteiger partial charge in [0.15, 0.2) is 0 Å². The molecule has 96 valence electrons. The Hall–Kier alpha value is -1.26. The summed E-state index contributed by atoms with van der Waals surface area (Å²) in [7, 11) is 0. The van der Waals surface area contributed by atoms with Gasteiger partial charge in [0, 0.05) is 16.5 Å². The van der Waals surface area contributed by atoms with Crippen molar-refractivity contribution in [2.75, 3.05) is 0 Å².